The number of hydrogen-bond donors (Lipinski definition) is 2. The number of hydrogen-bond acceptors (Lipinski definition) is 5. The lowest BCUT2D eigenvalue weighted by molar-refractivity contribution is 0.0526. The minimum absolute atomic E-state index is 0.117. The molecule has 1 aromatic rings. The largest absolute Gasteiger partial charge is 0.462 e. The fraction of sp³-hybridized carbons (Fsp3) is 0.533. The lowest BCUT2D eigenvalue weighted by Crippen LogP contribution is -2.41. The van der Waals surface area contributed by atoms with Gasteiger partial charge in [-0.1, -0.05) is 0 Å². The van der Waals surface area contributed by atoms with E-state index in [-0.39, 0.29) is 17.6 Å². The van der Waals surface area contributed by atoms with E-state index >= 15 is 0 Å². The van der Waals surface area contributed by atoms with E-state index < -0.39 is 0 Å². The average Bonchev–Trinajstić information content (AvgIpc) is 2.72. The Morgan fingerprint density at radius 3 is 2.90 bits per heavy atom. The van der Waals surface area contributed by atoms with Crippen molar-refractivity contribution >= 4 is 17.3 Å². The lowest BCUT2D eigenvalue weighted by atomic mass is 9.94. The molecule has 0 aromatic heterocycles. The molecule has 1 heterocycles. The van der Waals surface area contributed by atoms with Crippen molar-refractivity contribution in [3.63, 3.8) is 0 Å². The van der Waals surface area contributed by atoms with Crippen LogP contribution in [0, 0.1) is 0 Å². The van der Waals surface area contributed by atoms with E-state index in [2.05, 4.69) is 12.2 Å². The van der Waals surface area contributed by atoms with Crippen LogP contribution in [0.1, 0.15) is 37.6 Å². The molecule has 20 heavy (non-hydrogen) atoms. The average molecular weight is 278 g/mol. The third kappa shape index (κ3) is 2.88. The van der Waals surface area contributed by atoms with Gasteiger partial charge in [0.2, 0.25) is 0 Å². The molecule has 2 unspecified atom stereocenters. The van der Waals surface area contributed by atoms with Crippen LogP contribution < -0.4 is 11.1 Å². The van der Waals surface area contributed by atoms with E-state index in [0.29, 0.717) is 17.9 Å². The van der Waals surface area contributed by atoms with E-state index in [1.165, 1.54) is 0 Å². The first-order valence-corrected chi connectivity index (χ1v) is 6.92. The van der Waals surface area contributed by atoms with Gasteiger partial charge in [0.1, 0.15) is 0 Å². The highest BCUT2D eigenvalue weighted by atomic mass is 16.5. The van der Waals surface area contributed by atoms with Crippen LogP contribution in [0.25, 0.3) is 0 Å². The molecule has 5 nitrogen and oxygen atoms in total. The van der Waals surface area contributed by atoms with Crippen LogP contribution >= 0.6 is 0 Å². The molecule has 1 fully saturated rings. The summed E-state index contributed by atoms with van der Waals surface area (Å²) in [5, 5.41) is 3.43. The summed E-state index contributed by atoms with van der Waals surface area (Å²) in [6.45, 7) is 7.03. The van der Waals surface area contributed by atoms with Gasteiger partial charge in [0.05, 0.1) is 35.2 Å². The fourth-order valence-corrected chi connectivity index (χ4v) is 2.32. The summed E-state index contributed by atoms with van der Waals surface area (Å²) in [6.07, 6.45) is 1.04. The maximum Gasteiger partial charge on any atom is 0.338 e. The first-order chi connectivity index (χ1) is 9.46. The monoisotopic (exact) mass is 278 g/mol. The summed E-state index contributed by atoms with van der Waals surface area (Å²) in [6, 6.07) is 5.18. The molecule has 5 heteroatoms. The number of ether oxygens (including phenoxy) is 2. The summed E-state index contributed by atoms with van der Waals surface area (Å²) >= 11 is 0. The zero-order chi connectivity index (χ0) is 14.8. The number of nitrogens with one attached hydrogen (secondary N) is 1. The summed E-state index contributed by atoms with van der Waals surface area (Å²) in [4.78, 5) is 11.6. The number of carbonyl (C=O) groups is 1. The smallest absolute Gasteiger partial charge is 0.338 e. The van der Waals surface area contributed by atoms with Gasteiger partial charge >= 0.3 is 5.97 Å². The van der Waals surface area contributed by atoms with Gasteiger partial charge in [0.15, 0.2) is 0 Å². The molecular weight excluding hydrogens is 256 g/mol. The predicted octanol–water partition coefficient (Wildman–Crippen LogP) is 2.42. The van der Waals surface area contributed by atoms with Crippen molar-refractivity contribution in [2.24, 2.45) is 0 Å². The summed E-state index contributed by atoms with van der Waals surface area (Å²) in [5.74, 6) is -0.352. The number of anilines is 2. The number of nitrogen functional groups attached to an aromatic ring is 1. The summed E-state index contributed by atoms with van der Waals surface area (Å²) in [7, 11) is 0. The van der Waals surface area contributed by atoms with Gasteiger partial charge in [-0.3, -0.25) is 0 Å². The van der Waals surface area contributed by atoms with Crippen LogP contribution in [0.5, 0.6) is 0 Å². The number of benzene rings is 1. The quantitative estimate of drug-likeness (QED) is 0.653. The Morgan fingerprint density at radius 2 is 2.35 bits per heavy atom. The van der Waals surface area contributed by atoms with Crippen LogP contribution in [-0.4, -0.2) is 30.8 Å². The van der Waals surface area contributed by atoms with E-state index in [0.717, 1.165) is 18.7 Å². The number of esters is 1. The Kier molecular flexibility index (Phi) is 4.18. The number of carbonyl (C=O) groups excluding carboxylic acids is 1. The van der Waals surface area contributed by atoms with Crippen LogP contribution in [-0.2, 0) is 9.47 Å². The first-order valence-electron chi connectivity index (χ1n) is 6.92. The standard InChI is InChI=1S/C15H22N2O3/c1-4-19-14(18)11-5-6-13(12(16)9-11)17-15(3)7-8-20-10(15)2/h5-6,9-10,17H,4,7-8,16H2,1-3H3. The topological polar surface area (TPSA) is 73.6 Å². The molecule has 0 saturated carbocycles. The SMILES string of the molecule is CCOC(=O)c1ccc(NC2(C)CCOC2C)c(N)c1. The second-order valence-corrected chi connectivity index (χ2v) is 5.33. The predicted molar refractivity (Wildman–Crippen MR) is 78.9 cm³/mol. The number of nitrogens with two attached hydrogens (primary N) is 1. The zero-order valence-corrected chi connectivity index (χ0v) is 12.2. The van der Waals surface area contributed by atoms with Gasteiger partial charge in [-0.05, 0) is 45.4 Å². The van der Waals surface area contributed by atoms with E-state index in [1.54, 1.807) is 19.1 Å². The van der Waals surface area contributed by atoms with Gasteiger partial charge in [0.25, 0.3) is 0 Å². The molecular formula is C15H22N2O3. The molecule has 0 bridgehead atoms. The highest BCUT2D eigenvalue weighted by Crippen LogP contribution is 2.32. The Labute approximate surface area is 119 Å². The van der Waals surface area contributed by atoms with Crippen LogP contribution in [0.15, 0.2) is 18.2 Å². The highest BCUT2D eigenvalue weighted by molar-refractivity contribution is 5.92. The van der Waals surface area contributed by atoms with Crippen LogP contribution in [0.4, 0.5) is 11.4 Å². The normalized spacial score (nSPS) is 25.4. The molecule has 1 aliphatic heterocycles. The molecule has 110 valence electrons. The lowest BCUT2D eigenvalue weighted by Gasteiger charge is -2.30. The molecule has 0 spiro atoms. The maximum atomic E-state index is 11.6. The van der Waals surface area contributed by atoms with Gasteiger partial charge in [-0.15, -0.1) is 0 Å². The van der Waals surface area contributed by atoms with E-state index in [4.69, 9.17) is 15.2 Å². The van der Waals surface area contributed by atoms with Gasteiger partial charge in [0, 0.05) is 6.61 Å². The van der Waals surface area contributed by atoms with Crippen molar-refractivity contribution in [2.75, 3.05) is 24.3 Å². The van der Waals surface area contributed by atoms with Crippen molar-refractivity contribution in [1.82, 2.24) is 0 Å². The zero-order valence-electron chi connectivity index (χ0n) is 12.2. The van der Waals surface area contributed by atoms with Crippen molar-refractivity contribution in [3.8, 4) is 0 Å². The van der Waals surface area contributed by atoms with Crippen LogP contribution in [0.3, 0.4) is 0 Å². The van der Waals surface area contributed by atoms with Crippen molar-refractivity contribution < 1.29 is 14.3 Å². The first kappa shape index (κ1) is 14.7. The van der Waals surface area contributed by atoms with Crippen molar-refractivity contribution in [3.05, 3.63) is 23.8 Å². The maximum absolute atomic E-state index is 11.6. The van der Waals surface area contributed by atoms with Crippen molar-refractivity contribution in [1.29, 1.82) is 0 Å². The fourth-order valence-electron chi connectivity index (χ4n) is 2.32. The molecule has 2 atom stereocenters. The van der Waals surface area contributed by atoms with Gasteiger partial charge in [-0.2, -0.15) is 0 Å². The second kappa shape index (κ2) is 5.71. The minimum atomic E-state index is -0.352. The highest BCUT2D eigenvalue weighted by Gasteiger charge is 2.37. The van der Waals surface area contributed by atoms with E-state index in [1.807, 2.05) is 13.0 Å². The second-order valence-electron chi connectivity index (χ2n) is 5.33. The van der Waals surface area contributed by atoms with Gasteiger partial charge < -0.3 is 20.5 Å². The third-order valence-electron chi connectivity index (χ3n) is 3.87. The molecule has 1 saturated heterocycles. The van der Waals surface area contributed by atoms with Crippen LogP contribution in [0.2, 0.25) is 0 Å². The molecule has 1 aromatic carbocycles. The minimum Gasteiger partial charge on any atom is -0.462 e. The third-order valence-corrected chi connectivity index (χ3v) is 3.87. The summed E-state index contributed by atoms with van der Waals surface area (Å²) < 4.78 is 10.6. The summed E-state index contributed by atoms with van der Waals surface area (Å²) in [5.41, 5.74) is 7.71. The Bertz CT molecular complexity index is 504. The van der Waals surface area contributed by atoms with E-state index in [9.17, 15) is 4.79 Å². The molecule has 2 rings (SSSR count). The molecule has 0 amide bonds. The molecule has 0 aliphatic carbocycles. The van der Waals surface area contributed by atoms with Crippen molar-refractivity contribution in [2.45, 2.75) is 38.8 Å². The Balaban J connectivity index is 2.16. The number of rotatable bonds is 4. The Hall–Kier alpha value is -1.75. The molecule has 1 aliphatic rings. The van der Waals surface area contributed by atoms with Gasteiger partial charge in [-0.25, -0.2) is 4.79 Å². The Morgan fingerprint density at radius 1 is 1.60 bits per heavy atom. The molecule has 0 radical (unpaired) electrons. The molecule has 3 N–H and O–H groups in total.